The monoisotopic (exact) mass is 373 g/mol. The highest BCUT2D eigenvalue weighted by Gasteiger charge is 2.16. The van der Waals surface area contributed by atoms with Gasteiger partial charge in [-0.1, -0.05) is 44.2 Å². The molecule has 0 aliphatic heterocycles. The first-order valence-corrected chi connectivity index (χ1v) is 9.71. The van der Waals surface area contributed by atoms with Crippen molar-refractivity contribution in [3.63, 3.8) is 0 Å². The van der Waals surface area contributed by atoms with E-state index >= 15 is 0 Å². The molecule has 0 bridgehead atoms. The van der Waals surface area contributed by atoms with E-state index in [1.807, 2.05) is 36.4 Å². The lowest BCUT2D eigenvalue weighted by atomic mass is 9.97. The SMILES string of the molecule is COc1ccc(SCC(=O)N[C@@H](CC(C)C)c2ccccc2)cc1OC. The van der Waals surface area contributed by atoms with Crippen molar-refractivity contribution in [2.45, 2.75) is 31.2 Å². The number of amides is 1. The number of thioether (sulfide) groups is 1. The van der Waals surface area contributed by atoms with E-state index in [0.717, 1.165) is 16.9 Å². The molecule has 0 fully saturated rings. The molecule has 1 amide bonds. The Kier molecular flexibility index (Phi) is 7.85. The Morgan fingerprint density at radius 3 is 2.35 bits per heavy atom. The van der Waals surface area contributed by atoms with Crippen molar-refractivity contribution < 1.29 is 14.3 Å². The first kappa shape index (κ1) is 20.2. The van der Waals surface area contributed by atoms with Crippen molar-refractivity contribution >= 4 is 17.7 Å². The van der Waals surface area contributed by atoms with E-state index in [-0.39, 0.29) is 11.9 Å². The number of hydrogen-bond acceptors (Lipinski definition) is 4. The van der Waals surface area contributed by atoms with Crippen LogP contribution >= 0.6 is 11.8 Å². The van der Waals surface area contributed by atoms with Gasteiger partial charge in [-0.05, 0) is 36.1 Å². The second-order valence-electron chi connectivity index (χ2n) is 6.47. The van der Waals surface area contributed by atoms with Gasteiger partial charge in [-0.15, -0.1) is 11.8 Å². The zero-order valence-electron chi connectivity index (χ0n) is 15.8. The van der Waals surface area contributed by atoms with Crippen molar-refractivity contribution in [3.05, 3.63) is 54.1 Å². The molecule has 2 rings (SSSR count). The lowest BCUT2D eigenvalue weighted by Gasteiger charge is -2.21. The summed E-state index contributed by atoms with van der Waals surface area (Å²) >= 11 is 1.49. The van der Waals surface area contributed by atoms with E-state index in [4.69, 9.17) is 9.47 Å². The zero-order valence-corrected chi connectivity index (χ0v) is 16.6. The highest BCUT2D eigenvalue weighted by atomic mass is 32.2. The van der Waals surface area contributed by atoms with Gasteiger partial charge in [-0.2, -0.15) is 0 Å². The molecule has 5 heteroatoms. The second-order valence-corrected chi connectivity index (χ2v) is 7.51. The highest BCUT2D eigenvalue weighted by Crippen LogP contribution is 2.32. The highest BCUT2D eigenvalue weighted by molar-refractivity contribution is 8.00. The van der Waals surface area contributed by atoms with Crippen molar-refractivity contribution in [2.24, 2.45) is 5.92 Å². The van der Waals surface area contributed by atoms with Crippen molar-refractivity contribution in [1.82, 2.24) is 5.32 Å². The number of hydrogen-bond donors (Lipinski definition) is 1. The average Bonchev–Trinajstić information content (AvgIpc) is 2.66. The molecule has 0 aliphatic rings. The molecule has 0 radical (unpaired) electrons. The van der Waals surface area contributed by atoms with Crippen LogP contribution in [0.3, 0.4) is 0 Å². The third-order valence-electron chi connectivity index (χ3n) is 3.97. The van der Waals surface area contributed by atoms with Crippen LogP contribution in [0.25, 0.3) is 0 Å². The lowest BCUT2D eigenvalue weighted by molar-refractivity contribution is -0.119. The van der Waals surface area contributed by atoms with Crippen LogP contribution < -0.4 is 14.8 Å². The summed E-state index contributed by atoms with van der Waals surface area (Å²) in [5, 5.41) is 3.17. The summed E-state index contributed by atoms with van der Waals surface area (Å²) in [6.07, 6.45) is 0.913. The van der Waals surface area contributed by atoms with E-state index < -0.39 is 0 Å². The molecule has 1 N–H and O–H groups in total. The van der Waals surface area contributed by atoms with Crippen molar-refractivity contribution in [2.75, 3.05) is 20.0 Å². The first-order chi connectivity index (χ1) is 12.5. The average molecular weight is 374 g/mol. The van der Waals surface area contributed by atoms with Crippen LogP contribution in [0.4, 0.5) is 0 Å². The Morgan fingerprint density at radius 1 is 1.04 bits per heavy atom. The predicted molar refractivity (Wildman–Crippen MR) is 107 cm³/mol. The zero-order chi connectivity index (χ0) is 18.9. The van der Waals surface area contributed by atoms with Gasteiger partial charge in [-0.3, -0.25) is 4.79 Å². The second kappa shape index (κ2) is 10.1. The van der Waals surface area contributed by atoms with Gasteiger partial charge < -0.3 is 14.8 Å². The number of carbonyl (C=O) groups is 1. The molecule has 1 atom stereocenters. The van der Waals surface area contributed by atoms with Crippen LogP contribution in [-0.2, 0) is 4.79 Å². The van der Waals surface area contributed by atoms with E-state index in [1.54, 1.807) is 14.2 Å². The van der Waals surface area contributed by atoms with Crippen LogP contribution in [0.2, 0.25) is 0 Å². The Morgan fingerprint density at radius 2 is 1.73 bits per heavy atom. The van der Waals surface area contributed by atoms with Gasteiger partial charge in [0.25, 0.3) is 0 Å². The van der Waals surface area contributed by atoms with Crippen LogP contribution in [0.5, 0.6) is 11.5 Å². The minimum Gasteiger partial charge on any atom is -0.493 e. The maximum Gasteiger partial charge on any atom is 0.230 e. The smallest absolute Gasteiger partial charge is 0.230 e. The maximum atomic E-state index is 12.5. The molecule has 2 aromatic rings. The molecule has 0 aromatic heterocycles. The standard InChI is InChI=1S/C21H27NO3S/c1-15(2)12-18(16-8-6-5-7-9-16)22-21(23)14-26-17-10-11-19(24-3)20(13-17)25-4/h5-11,13,15,18H,12,14H2,1-4H3,(H,22,23)/t18-/m0/s1. The van der Waals surface area contributed by atoms with E-state index in [9.17, 15) is 4.79 Å². The minimum atomic E-state index is 0.0271. The number of methoxy groups -OCH3 is 2. The van der Waals surface area contributed by atoms with Gasteiger partial charge in [0.1, 0.15) is 0 Å². The van der Waals surface area contributed by atoms with Gasteiger partial charge >= 0.3 is 0 Å². The fourth-order valence-corrected chi connectivity index (χ4v) is 3.46. The summed E-state index contributed by atoms with van der Waals surface area (Å²) in [5.41, 5.74) is 1.14. The molecule has 0 spiro atoms. The molecule has 0 saturated heterocycles. The summed E-state index contributed by atoms with van der Waals surface area (Å²) in [7, 11) is 3.21. The Labute approximate surface area is 160 Å². The molecular weight excluding hydrogens is 346 g/mol. The predicted octanol–water partition coefficient (Wildman–Crippen LogP) is 4.70. The van der Waals surface area contributed by atoms with Gasteiger partial charge in [-0.25, -0.2) is 0 Å². The minimum absolute atomic E-state index is 0.0271. The summed E-state index contributed by atoms with van der Waals surface area (Å²) in [6.45, 7) is 4.33. The molecular formula is C21H27NO3S. The van der Waals surface area contributed by atoms with E-state index in [1.165, 1.54) is 11.8 Å². The van der Waals surface area contributed by atoms with Gasteiger partial charge in [0.2, 0.25) is 5.91 Å². The fourth-order valence-electron chi connectivity index (χ4n) is 2.73. The largest absolute Gasteiger partial charge is 0.493 e. The van der Waals surface area contributed by atoms with E-state index in [2.05, 4.69) is 31.3 Å². The quantitative estimate of drug-likeness (QED) is 0.647. The number of benzene rings is 2. The first-order valence-electron chi connectivity index (χ1n) is 8.72. The van der Waals surface area contributed by atoms with Crippen LogP contribution in [0, 0.1) is 5.92 Å². The molecule has 0 saturated carbocycles. The maximum absolute atomic E-state index is 12.5. The summed E-state index contributed by atoms with van der Waals surface area (Å²) in [4.78, 5) is 13.4. The van der Waals surface area contributed by atoms with Crippen LogP contribution in [-0.4, -0.2) is 25.9 Å². The van der Waals surface area contributed by atoms with Crippen molar-refractivity contribution in [3.8, 4) is 11.5 Å². The topological polar surface area (TPSA) is 47.6 Å². The molecule has 0 aliphatic carbocycles. The number of rotatable bonds is 9. The Balaban J connectivity index is 1.98. The number of carbonyl (C=O) groups excluding carboxylic acids is 1. The Bertz CT molecular complexity index is 704. The summed E-state index contributed by atoms with van der Waals surface area (Å²) in [5.74, 6) is 2.23. The third-order valence-corrected chi connectivity index (χ3v) is 4.96. The fraction of sp³-hybridized carbons (Fsp3) is 0.381. The van der Waals surface area contributed by atoms with E-state index in [0.29, 0.717) is 23.2 Å². The third kappa shape index (κ3) is 5.99. The van der Waals surface area contributed by atoms with Crippen molar-refractivity contribution in [1.29, 1.82) is 0 Å². The van der Waals surface area contributed by atoms with Gasteiger partial charge in [0.05, 0.1) is 26.0 Å². The summed E-state index contributed by atoms with van der Waals surface area (Å²) < 4.78 is 10.6. The molecule has 2 aromatic carbocycles. The molecule has 26 heavy (non-hydrogen) atoms. The van der Waals surface area contributed by atoms with Gasteiger partial charge in [0.15, 0.2) is 11.5 Å². The molecule has 0 heterocycles. The van der Waals surface area contributed by atoms with Gasteiger partial charge in [0, 0.05) is 4.90 Å². The molecule has 140 valence electrons. The number of ether oxygens (including phenoxy) is 2. The van der Waals surface area contributed by atoms with Crippen LogP contribution in [0.15, 0.2) is 53.4 Å². The lowest BCUT2D eigenvalue weighted by Crippen LogP contribution is -2.30. The summed E-state index contributed by atoms with van der Waals surface area (Å²) in [6, 6.07) is 15.8. The number of nitrogens with one attached hydrogen (secondary N) is 1. The normalized spacial score (nSPS) is 11.9. The molecule has 0 unspecified atom stereocenters. The Hall–Kier alpha value is -2.14. The molecule has 4 nitrogen and oxygen atoms in total. The van der Waals surface area contributed by atoms with Crippen LogP contribution in [0.1, 0.15) is 31.9 Å².